The first-order valence-corrected chi connectivity index (χ1v) is 9.10. The van der Waals surface area contributed by atoms with E-state index in [9.17, 15) is 5.11 Å². The first kappa shape index (κ1) is 19.4. The first-order chi connectivity index (χ1) is 14.6. The molecule has 0 saturated heterocycles. The Bertz CT molecular complexity index is 1190. The van der Waals surface area contributed by atoms with Gasteiger partial charge in [-0.05, 0) is 24.3 Å². The van der Waals surface area contributed by atoms with Crippen LogP contribution in [0.1, 0.15) is 0 Å². The molecule has 30 heavy (non-hydrogen) atoms. The van der Waals surface area contributed by atoms with Gasteiger partial charge in [-0.2, -0.15) is 0 Å². The molecule has 4 aromatic rings. The van der Waals surface area contributed by atoms with Gasteiger partial charge in [-0.25, -0.2) is 4.98 Å². The van der Waals surface area contributed by atoms with Crippen molar-refractivity contribution in [1.29, 1.82) is 0 Å². The van der Waals surface area contributed by atoms with Crippen LogP contribution in [-0.4, -0.2) is 48.1 Å². The maximum absolute atomic E-state index is 10.1. The van der Waals surface area contributed by atoms with Crippen molar-refractivity contribution in [2.24, 2.45) is 0 Å². The minimum atomic E-state index is 0.0510. The van der Waals surface area contributed by atoms with Crippen molar-refractivity contribution in [3.63, 3.8) is 0 Å². The molecule has 0 atom stereocenters. The summed E-state index contributed by atoms with van der Waals surface area (Å²) in [5, 5.41) is 10.1. The average Bonchev–Trinajstić information content (AvgIpc) is 3.21. The molecule has 2 aromatic carbocycles. The van der Waals surface area contributed by atoms with E-state index in [1.54, 1.807) is 46.0 Å². The highest BCUT2D eigenvalue weighted by Crippen LogP contribution is 2.40. The van der Waals surface area contributed by atoms with Crippen LogP contribution in [0.2, 0.25) is 0 Å². The van der Waals surface area contributed by atoms with Crippen LogP contribution in [0.4, 0.5) is 0 Å². The number of methoxy groups -OCH3 is 4. The summed E-state index contributed by atoms with van der Waals surface area (Å²) in [5.41, 5.74) is 3.80. The van der Waals surface area contributed by atoms with E-state index in [0.717, 1.165) is 22.3 Å². The molecule has 0 amide bonds. The minimum absolute atomic E-state index is 0.0510. The maximum Gasteiger partial charge on any atom is 0.203 e. The Morgan fingerprint density at radius 1 is 0.800 bits per heavy atom. The van der Waals surface area contributed by atoms with Crippen molar-refractivity contribution in [3.8, 4) is 45.7 Å². The van der Waals surface area contributed by atoms with E-state index >= 15 is 0 Å². The van der Waals surface area contributed by atoms with E-state index in [2.05, 4.69) is 9.97 Å². The number of pyridine rings is 1. The molecule has 1 N–H and O–H groups in total. The summed E-state index contributed by atoms with van der Waals surface area (Å²) in [6.07, 6.45) is 3.41. The minimum Gasteiger partial charge on any atom is -0.504 e. The van der Waals surface area contributed by atoms with Gasteiger partial charge in [0.1, 0.15) is 11.8 Å². The van der Waals surface area contributed by atoms with Gasteiger partial charge in [0.2, 0.25) is 5.75 Å². The second kappa shape index (κ2) is 7.82. The Balaban J connectivity index is 1.86. The Morgan fingerprint density at radius 3 is 2.10 bits per heavy atom. The number of aromatic hydroxyl groups is 1. The molecular formula is C22H21N3O5. The molecule has 0 unspecified atom stereocenters. The van der Waals surface area contributed by atoms with Crippen molar-refractivity contribution in [1.82, 2.24) is 14.5 Å². The van der Waals surface area contributed by atoms with E-state index < -0.39 is 0 Å². The molecule has 0 aliphatic heterocycles. The lowest BCUT2D eigenvalue weighted by atomic mass is 10.1. The molecule has 154 valence electrons. The van der Waals surface area contributed by atoms with Crippen LogP contribution in [0.15, 0.2) is 48.9 Å². The van der Waals surface area contributed by atoms with Crippen molar-refractivity contribution in [3.05, 3.63) is 48.9 Å². The van der Waals surface area contributed by atoms with Crippen LogP contribution in [-0.2, 0) is 0 Å². The van der Waals surface area contributed by atoms with Gasteiger partial charge in [0, 0.05) is 17.7 Å². The van der Waals surface area contributed by atoms with Gasteiger partial charge in [0.25, 0.3) is 0 Å². The summed E-state index contributed by atoms with van der Waals surface area (Å²) in [6.45, 7) is 0. The third-order valence-corrected chi connectivity index (χ3v) is 4.84. The largest absolute Gasteiger partial charge is 0.504 e. The molecule has 0 radical (unpaired) electrons. The zero-order valence-electron chi connectivity index (χ0n) is 17.0. The van der Waals surface area contributed by atoms with Gasteiger partial charge in [0.15, 0.2) is 23.0 Å². The van der Waals surface area contributed by atoms with Crippen LogP contribution < -0.4 is 18.9 Å². The zero-order chi connectivity index (χ0) is 21.3. The molecule has 0 fully saturated rings. The molecule has 8 nitrogen and oxygen atoms in total. The predicted molar refractivity (Wildman–Crippen MR) is 112 cm³/mol. The summed E-state index contributed by atoms with van der Waals surface area (Å²) < 4.78 is 23.4. The lowest BCUT2D eigenvalue weighted by Crippen LogP contribution is -1.99. The van der Waals surface area contributed by atoms with E-state index in [0.29, 0.717) is 28.7 Å². The molecule has 8 heteroatoms. The first-order valence-electron chi connectivity index (χ1n) is 9.10. The number of nitrogens with zero attached hydrogens (tertiary/aromatic N) is 3. The third-order valence-electron chi connectivity index (χ3n) is 4.84. The van der Waals surface area contributed by atoms with Gasteiger partial charge >= 0.3 is 0 Å². The summed E-state index contributed by atoms with van der Waals surface area (Å²) in [7, 11) is 6.22. The van der Waals surface area contributed by atoms with Crippen molar-refractivity contribution in [2.75, 3.05) is 28.4 Å². The van der Waals surface area contributed by atoms with Crippen molar-refractivity contribution >= 4 is 11.0 Å². The van der Waals surface area contributed by atoms with Gasteiger partial charge in [0.05, 0.1) is 51.5 Å². The van der Waals surface area contributed by atoms with E-state index in [1.165, 1.54) is 7.11 Å². The smallest absolute Gasteiger partial charge is 0.203 e. The predicted octanol–water partition coefficient (Wildman–Crippen LogP) is 3.83. The van der Waals surface area contributed by atoms with Crippen LogP contribution in [0.3, 0.4) is 0 Å². The number of rotatable bonds is 6. The van der Waals surface area contributed by atoms with Crippen LogP contribution in [0.5, 0.6) is 28.7 Å². The molecular weight excluding hydrogens is 386 g/mol. The van der Waals surface area contributed by atoms with E-state index in [4.69, 9.17) is 18.9 Å². The molecule has 0 bridgehead atoms. The molecule has 0 aliphatic carbocycles. The number of ether oxygens (including phenoxy) is 4. The molecule has 0 saturated carbocycles. The molecule has 4 rings (SSSR count). The number of phenolic OH excluding ortho intramolecular Hbond substituents is 1. The van der Waals surface area contributed by atoms with Crippen molar-refractivity contribution in [2.45, 2.75) is 0 Å². The number of aromatic nitrogens is 3. The van der Waals surface area contributed by atoms with E-state index in [-0.39, 0.29) is 5.75 Å². The summed E-state index contributed by atoms with van der Waals surface area (Å²) >= 11 is 0. The Labute approximate surface area is 173 Å². The molecule has 0 aliphatic rings. The third kappa shape index (κ3) is 3.22. The van der Waals surface area contributed by atoms with Gasteiger partial charge in [-0.3, -0.25) is 9.55 Å². The summed E-state index contributed by atoms with van der Waals surface area (Å²) in [4.78, 5) is 8.92. The fourth-order valence-corrected chi connectivity index (χ4v) is 3.33. The Kier molecular flexibility index (Phi) is 5.05. The summed E-state index contributed by atoms with van der Waals surface area (Å²) in [5.74, 6) is 2.06. The quantitative estimate of drug-likeness (QED) is 0.520. The number of phenols is 1. The SMILES string of the molecule is COc1ccc(-c2cc3c(cn2)ncn3-c2cc(OC)c(OC)c(OC)c2)cc1O. The average molecular weight is 407 g/mol. The molecule has 2 aromatic heterocycles. The number of fused-ring (bicyclic) bond motifs is 1. The number of imidazole rings is 1. The highest BCUT2D eigenvalue weighted by molar-refractivity contribution is 5.82. The van der Waals surface area contributed by atoms with Crippen molar-refractivity contribution < 1.29 is 24.1 Å². The van der Waals surface area contributed by atoms with Gasteiger partial charge in [-0.15, -0.1) is 0 Å². The van der Waals surface area contributed by atoms with Crippen LogP contribution in [0.25, 0.3) is 28.0 Å². The number of hydrogen-bond donors (Lipinski definition) is 1. The fraction of sp³-hybridized carbons (Fsp3) is 0.182. The second-order valence-electron chi connectivity index (χ2n) is 6.44. The highest BCUT2D eigenvalue weighted by Gasteiger charge is 2.16. The number of benzene rings is 2. The standard InChI is InChI=1S/C22H21N3O5/c1-27-19-6-5-13(7-18(19)26)15-10-17-16(11-23-15)24-12-25(17)14-8-20(28-2)22(30-4)21(9-14)29-3/h5-12,26H,1-4H3. The Morgan fingerprint density at radius 2 is 1.50 bits per heavy atom. The molecule has 0 spiro atoms. The molecule has 2 heterocycles. The van der Waals surface area contributed by atoms with Crippen LogP contribution in [0, 0.1) is 0 Å². The lowest BCUT2D eigenvalue weighted by Gasteiger charge is -2.15. The summed E-state index contributed by atoms with van der Waals surface area (Å²) in [6, 6.07) is 10.8. The monoisotopic (exact) mass is 407 g/mol. The van der Waals surface area contributed by atoms with Gasteiger partial charge < -0.3 is 24.1 Å². The zero-order valence-corrected chi connectivity index (χ0v) is 17.0. The normalized spacial score (nSPS) is 10.8. The lowest BCUT2D eigenvalue weighted by molar-refractivity contribution is 0.324. The number of hydrogen-bond acceptors (Lipinski definition) is 7. The fourth-order valence-electron chi connectivity index (χ4n) is 3.33. The van der Waals surface area contributed by atoms with E-state index in [1.807, 2.05) is 28.8 Å². The highest BCUT2D eigenvalue weighted by atomic mass is 16.5. The topological polar surface area (TPSA) is 87.9 Å². The maximum atomic E-state index is 10.1. The Hall–Kier alpha value is -3.94. The van der Waals surface area contributed by atoms with Crippen LogP contribution >= 0.6 is 0 Å². The van der Waals surface area contributed by atoms with Gasteiger partial charge in [-0.1, -0.05) is 0 Å². The second-order valence-corrected chi connectivity index (χ2v) is 6.44.